The van der Waals surface area contributed by atoms with Crippen LogP contribution in [0.2, 0.25) is 0 Å². The standard InChI is InChI=1S/C14H22N2O4S2/c1-2-22(17,18)16-6-7-20-14-11(3-4-12(14)16)9-19-10-13-15-5-8-21-13/h5,8,11-12,14H,2-4,6-7,9-10H2,1H3. The van der Waals surface area contributed by atoms with Gasteiger partial charge in [0.1, 0.15) is 5.01 Å². The Morgan fingerprint density at radius 2 is 2.36 bits per heavy atom. The fourth-order valence-electron chi connectivity index (χ4n) is 3.34. The number of rotatable bonds is 6. The van der Waals surface area contributed by atoms with Crippen molar-refractivity contribution in [1.29, 1.82) is 0 Å². The summed E-state index contributed by atoms with van der Waals surface area (Å²) in [6.45, 7) is 3.76. The number of sulfonamides is 1. The van der Waals surface area contributed by atoms with Gasteiger partial charge in [-0.05, 0) is 19.8 Å². The van der Waals surface area contributed by atoms with E-state index in [1.54, 1.807) is 28.8 Å². The summed E-state index contributed by atoms with van der Waals surface area (Å²) in [6.07, 6.45) is 3.54. The molecule has 1 aliphatic heterocycles. The van der Waals surface area contributed by atoms with E-state index in [1.165, 1.54) is 0 Å². The highest BCUT2D eigenvalue weighted by Crippen LogP contribution is 2.36. The molecule has 1 aliphatic carbocycles. The van der Waals surface area contributed by atoms with Crippen LogP contribution in [0, 0.1) is 5.92 Å². The SMILES string of the molecule is CCS(=O)(=O)N1CCOC2C(COCc3nccs3)CCC21. The van der Waals surface area contributed by atoms with Crippen molar-refractivity contribution in [3.63, 3.8) is 0 Å². The van der Waals surface area contributed by atoms with Crippen LogP contribution in [0.5, 0.6) is 0 Å². The molecule has 2 heterocycles. The van der Waals surface area contributed by atoms with Gasteiger partial charge in [0.05, 0.1) is 37.7 Å². The van der Waals surface area contributed by atoms with E-state index in [0.717, 1.165) is 17.8 Å². The van der Waals surface area contributed by atoms with Crippen molar-refractivity contribution < 1.29 is 17.9 Å². The third kappa shape index (κ3) is 3.35. The summed E-state index contributed by atoms with van der Waals surface area (Å²) < 4.78 is 37.7. The summed E-state index contributed by atoms with van der Waals surface area (Å²) in [5.41, 5.74) is 0. The smallest absolute Gasteiger partial charge is 0.214 e. The molecule has 2 fully saturated rings. The monoisotopic (exact) mass is 346 g/mol. The van der Waals surface area contributed by atoms with E-state index in [2.05, 4.69) is 4.98 Å². The normalized spacial score (nSPS) is 29.6. The van der Waals surface area contributed by atoms with E-state index < -0.39 is 10.0 Å². The quantitative estimate of drug-likeness (QED) is 0.780. The average molecular weight is 346 g/mol. The van der Waals surface area contributed by atoms with Crippen LogP contribution in [-0.2, 0) is 26.1 Å². The summed E-state index contributed by atoms with van der Waals surface area (Å²) in [4.78, 5) is 4.19. The number of hydrogen-bond donors (Lipinski definition) is 0. The van der Waals surface area contributed by atoms with Crippen molar-refractivity contribution in [2.24, 2.45) is 5.92 Å². The highest BCUT2D eigenvalue weighted by Gasteiger charge is 2.46. The lowest BCUT2D eigenvalue weighted by atomic mass is 10.1. The number of ether oxygens (including phenoxy) is 2. The molecule has 0 aromatic carbocycles. The first kappa shape index (κ1) is 16.3. The van der Waals surface area contributed by atoms with Gasteiger partial charge in [-0.25, -0.2) is 13.4 Å². The zero-order chi connectivity index (χ0) is 15.6. The molecule has 1 saturated carbocycles. The molecule has 0 spiro atoms. The second-order valence-electron chi connectivity index (χ2n) is 5.69. The summed E-state index contributed by atoms with van der Waals surface area (Å²) in [7, 11) is -3.15. The summed E-state index contributed by atoms with van der Waals surface area (Å²) in [5.74, 6) is 0.418. The van der Waals surface area contributed by atoms with Crippen molar-refractivity contribution in [2.45, 2.75) is 38.5 Å². The van der Waals surface area contributed by atoms with Gasteiger partial charge in [-0.15, -0.1) is 11.3 Å². The lowest BCUT2D eigenvalue weighted by molar-refractivity contribution is -0.0639. The molecule has 1 aromatic rings. The first-order chi connectivity index (χ1) is 10.6. The number of nitrogens with zero attached hydrogens (tertiary/aromatic N) is 2. The van der Waals surface area contributed by atoms with Crippen LogP contribution in [0.4, 0.5) is 0 Å². The van der Waals surface area contributed by atoms with Crippen LogP contribution in [0.1, 0.15) is 24.8 Å². The summed E-state index contributed by atoms with van der Waals surface area (Å²) >= 11 is 1.58. The van der Waals surface area contributed by atoms with Gasteiger partial charge < -0.3 is 9.47 Å². The molecule has 6 nitrogen and oxygen atoms in total. The first-order valence-corrected chi connectivity index (χ1v) is 10.2. The van der Waals surface area contributed by atoms with Crippen molar-refractivity contribution >= 4 is 21.4 Å². The highest BCUT2D eigenvalue weighted by atomic mass is 32.2. The predicted molar refractivity (Wildman–Crippen MR) is 84.2 cm³/mol. The minimum atomic E-state index is -3.15. The molecular formula is C14H22N2O4S2. The van der Waals surface area contributed by atoms with E-state index in [4.69, 9.17) is 9.47 Å². The second kappa shape index (κ2) is 6.92. The zero-order valence-corrected chi connectivity index (χ0v) is 14.3. The number of hydrogen-bond acceptors (Lipinski definition) is 6. The molecule has 1 saturated heterocycles. The van der Waals surface area contributed by atoms with Crippen LogP contribution < -0.4 is 0 Å². The average Bonchev–Trinajstić information content (AvgIpc) is 3.17. The van der Waals surface area contributed by atoms with E-state index in [-0.39, 0.29) is 23.8 Å². The lowest BCUT2D eigenvalue weighted by Crippen LogP contribution is -2.53. The summed E-state index contributed by atoms with van der Waals surface area (Å²) in [6, 6.07) is -0.0211. The fraction of sp³-hybridized carbons (Fsp3) is 0.786. The Labute approximate surface area is 135 Å². The number of aromatic nitrogens is 1. The van der Waals surface area contributed by atoms with Gasteiger partial charge in [0, 0.05) is 24.0 Å². The van der Waals surface area contributed by atoms with Crippen LogP contribution in [0.3, 0.4) is 0 Å². The molecule has 3 atom stereocenters. The number of thiazole rings is 1. The van der Waals surface area contributed by atoms with E-state index in [9.17, 15) is 8.42 Å². The Balaban J connectivity index is 1.58. The van der Waals surface area contributed by atoms with Gasteiger partial charge >= 0.3 is 0 Å². The van der Waals surface area contributed by atoms with E-state index in [1.807, 2.05) is 5.38 Å². The fourth-order valence-corrected chi connectivity index (χ4v) is 5.21. The van der Waals surface area contributed by atoms with Crippen molar-refractivity contribution in [1.82, 2.24) is 9.29 Å². The van der Waals surface area contributed by atoms with Crippen LogP contribution >= 0.6 is 11.3 Å². The second-order valence-corrected chi connectivity index (χ2v) is 8.88. The molecule has 0 bridgehead atoms. The minimum absolute atomic E-state index is 0.0211. The van der Waals surface area contributed by atoms with Gasteiger partial charge in [0.25, 0.3) is 0 Å². The number of morpholine rings is 1. The first-order valence-electron chi connectivity index (χ1n) is 7.69. The highest BCUT2D eigenvalue weighted by molar-refractivity contribution is 7.89. The predicted octanol–water partition coefficient (Wildman–Crippen LogP) is 1.49. The van der Waals surface area contributed by atoms with Gasteiger partial charge in [0.15, 0.2) is 0 Å². The van der Waals surface area contributed by atoms with Crippen LogP contribution in [-0.4, -0.2) is 55.4 Å². The minimum Gasteiger partial charge on any atom is -0.375 e. The topological polar surface area (TPSA) is 68.7 Å². The van der Waals surface area contributed by atoms with Gasteiger partial charge in [-0.1, -0.05) is 0 Å². The molecule has 0 N–H and O–H groups in total. The molecule has 3 unspecified atom stereocenters. The van der Waals surface area contributed by atoms with Gasteiger partial charge in [-0.2, -0.15) is 4.31 Å². The van der Waals surface area contributed by atoms with Crippen LogP contribution in [0.25, 0.3) is 0 Å². The van der Waals surface area contributed by atoms with E-state index in [0.29, 0.717) is 26.4 Å². The maximum absolute atomic E-state index is 12.2. The van der Waals surface area contributed by atoms with Crippen molar-refractivity contribution in [2.75, 3.05) is 25.5 Å². The maximum atomic E-state index is 12.2. The Morgan fingerprint density at radius 3 is 3.09 bits per heavy atom. The third-order valence-corrected chi connectivity index (χ3v) is 7.08. The molecule has 0 amide bonds. The lowest BCUT2D eigenvalue weighted by Gasteiger charge is -2.38. The van der Waals surface area contributed by atoms with Gasteiger partial charge in [0.2, 0.25) is 10.0 Å². The molecular weight excluding hydrogens is 324 g/mol. The zero-order valence-electron chi connectivity index (χ0n) is 12.7. The molecule has 1 aromatic heterocycles. The van der Waals surface area contributed by atoms with Crippen molar-refractivity contribution in [3.8, 4) is 0 Å². The third-order valence-electron chi connectivity index (χ3n) is 4.43. The van der Waals surface area contributed by atoms with E-state index >= 15 is 0 Å². The summed E-state index contributed by atoms with van der Waals surface area (Å²) in [5, 5.41) is 2.90. The Kier molecular flexibility index (Phi) is 5.13. The van der Waals surface area contributed by atoms with Crippen molar-refractivity contribution in [3.05, 3.63) is 16.6 Å². The molecule has 22 heavy (non-hydrogen) atoms. The number of fused-ring (bicyclic) bond motifs is 1. The largest absolute Gasteiger partial charge is 0.375 e. The Morgan fingerprint density at radius 1 is 1.50 bits per heavy atom. The maximum Gasteiger partial charge on any atom is 0.214 e. The molecule has 124 valence electrons. The molecule has 2 aliphatic rings. The molecule has 0 radical (unpaired) electrons. The molecule has 3 rings (SSSR count). The molecule has 8 heteroatoms. The Hall–Kier alpha value is -0.540. The van der Waals surface area contributed by atoms with Crippen LogP contribution in [0.15, 0.2) is 11.6 Å². The van der Waals surface area contributed by atoms with Gasteiger partial charge in [-0.3, -0.25) is 0 Å². The Bertz CT molecular complexity index is 576.